The van der Waals surface area contributed by atoms with Gasteiger partial charge < -0.3 is 11.1 Å². The Balaban J connectivity index is 1.92. The third kappa shape index (κ3) is 2.44. The number of aryl methyl sites for hydroxylation is 1. The van der Waals surface area contributed by atoms with Gasteiger partial charge in [0.05, 0.1) is 22.5 Å². The number of fused-ring (bicyclic) bond motifs is 1. The van der Waals surface area contributed by atoms with Crippen molar-refractivity contribution in [3.8, 4) is 0 Å². The molecule has 3 N–H and O–H groups in total. The molecule has 23 heavy (non-hydrogen) atoms. The highest BCUT2D eigenvalue weighted by Crippen LogP contribution is 2.24. The maximum atomic E-state index is 12.4. The van der Waals surface area contributed by atoms with Gasteiger partial charge in [0.25, 0.3) is 17.7 Å². The number of carbonyl (C=O) groups excluding carboxylic acids is 3. The Labute approximate surface area is 132 Å². The molecular formula is C17H15N3O3. The molecule has 0 spiro atoms. The number of benzene rings is 2. The topological polar surface area (TPSA) is 92.5 Å². The standard InChI is InChI=1S/C17H15N3O3/c1-9-3-6-13(18)14(7-9)19-15(21)10-4-5-11-12(8-10)17(23)20(2)16(11)22/h3-8H,18H2,1-2H3,(H,19,21). The molecule has 2 aromatic rings. The van der Waals surface area contributed by atoms with Crippen molar-refractivity contribution < 1.29 is 14.4 Å². The van der Waals surface area contributed by atoms with Crippen molar-refractivity contribution in [2.75, 3.05) is 18.1 Å². The van der Waals surface area contributed by atoms with Gasteiger partial charge in [0.2, 0.25) is 0 Å². The number of rotatable bonds is 2. The summed E-state index contributed by atoms with van der Waals surface area (Å²) in [6.45, 7) is 1.89. The largest absolute Gasteiger partial charge is 0.397 e. The first-order valence-corrected chi connectivity index (χ1v) is 7.02. The van der Waals surface area contributed by atoms with Crippen molar-refractivity contribution in [2.24, 2.45) is 0 Å². The minimum atomic E-state index is -0.408. The van der Waals surface area contributed by atoms with Crippen LogP contribution in [0.5, 0.6) is 0 Å². The molecular weight excluding hydrogens is 294 g/mol. The fraction of sp³-hybridized carbons (Fsp3) is 0.118. The number of amides is 3. The molecule has 0 aromatic heterocycles. The van der Waals surface area contributed by atoms with E-state index in [1.807, 2.05) is 13.0 Å². The lowest BCUT2D eigenvalue weighted by Crippen LogP contribution is -2.24. The van der Waals surface area contributed by atoms with E-state index in [1.165, 1.54) is 25.2 Å². The van der Waals surface area contributed by atoms with Crippen LogP contribution in [-0.4, -0.2) is 29.7 Å². The molecule has 1 aliphatic heterocycles. The predicted molar refractivity (Wildman–Crippen MR) is 86.4 cm³/mol. The molecule has 6 heteroatoms. The van der Waals surface area contributed by atoms with Crippen molar-refractivity contribution in [3.05, 3.63) is 58.7 Å². The Morgan fingerprint density at radius 1 is 1.04 bits per heavy atom. The monoisotopic (exact) mass is 309 g/mol. The van der Waals surface area contributed by atoms with E-state index in [0.29, 0.717) is 22.5 Å². The molecule has 0 radical (unpaired) electrons. The molecule has 0 aliphatic carbocycles. The van der Waals surface area contributed by atoms with E-state index in [9.17, 15) is 14.4 Å². The van der Waals surface area contributed by atoms with E-state index in [2.05, 4.69) is 5.32 Å². The van der Waals surface area contributed by atoms with Gasteiger partial charge >= 0.3 is 0 Å². The highest BCUT2D eigenvalue weighted by molar-refractivity contribution is 6.22. The summed E-state index contributed by atoms with van der Waals surface area (Å²) >= 11 is 0. The zero-order valence-corrected chi connectivity index (χ0v) is 12.7. The quantitative estimate of drug-likeness (QED) is 0.656. The first kappa shape index (κ1) is 14.8. The average molecular weight is 309 g/mol. The summed E-state index contributed by atoms with van der Waals surface area (Å²) in [4.78, 5) is 37.2. The van der Waals surface area contributed by atoms with Gasteiger partial charge in [-0.3, -0.25) is 19.3 Å². The summed E-state index contributed by atoms with van der Waals surface area (Å²) in [7, 11) is 1.41. The Hall–Kier alpha value is -3.15. The van der Waals surface area contributed by atoms with Crippen LogP contribution in [0.2, 0.25) is 0 Å². The van der Waals surface area contributed by atoms with Crippen LogP contribution in [-0.2, 0) is 0 Å². The van der Waals surface area contributed by atoms with Gasteiger partial charge in [0.1, 0.15) is 0 Å². The minimum absolute atomic E-state index is 0.238. The summed E-state index contributed by atoms with van der Waals surface area (Å²) in [5.41, 5.74) is 8.61. The van der Waals surface area contributed by atoms with Gasteiger partial charge in [0, 0.05) is 12.6 Å². The number of hydrogen-bond acceptors (Lipinski definition) is 4. The Kier molecular flexibility index (Phi) is 3.37. The van der Waals surface area contributed by atoms with E-state index < -0.39 is 5.91 Å². The summed E-state index contributed by atoms with van der Waals surface area (Å²) in [6, 6.07) is 9.77. The fourth-order valence-corrected chi connectivity index (χ4v) is 2.48. The molecule has 1 heterocycles. The summed E-state index contributed by atoms with van der Waals surface area (Å²) in [6.07, 6.45) is 0. The van der Waals surface area contributed by atoms with Gasteiger partial charge in [0.15, 0.2) is 0 Å². The molecule has 0 saturated carbocycles. The molecule has 0 bridgehead atoms. The van der Waals surface area contributed by atoms with Crippen LogP contribution in [0, 0.1) is 6.92 Å². The van der Waals surface area contributed by atoms with Crippen LogP contribution in [0.4, 0.5) is 11.4 Å². The van der Waals surface area contributed by atoms with E-state index in [0.717, 1.165) is 10.5 Å². The van der Waals surface area contributed by atoms with E-state index in [4.69, 9.17) is 5.73 Å². The summed E-state index contributed by atoms with van der Waals surface area (Å²) < 4.78 is 0. The van der Waals surface area contributed by atoms with Gasteiger partial charge in [-0.25, -0.2) is 0 Å². The van der Waals surface area contributed by atoms with Crippen molar-refractivity contribution in [3.63, 3.8) is 0 Å². The average Bonchev–Trinajstić information content (AvgIpc) is 2.75. The van der Waals surface area contributed by atoms with Crippen LogP contribution >= 0.6 is 0 Å². The molecule has 6 nitrogen and oxygen atoms in total. The molecule has 0 unspecified atom stereocenters. The summed E-state index contributed by atoms with van der Waals surface area (Å²) in [5.74, 6) is -1.16. The normalized spacial score (nSPS) is 13.2. The first-order valence-electron chi connectivity index (χ1n) is 7.02. The van der Waals surface area contributed by atoms with Gasteiger partial charge in [-0.2, -0.15) is 0 Å². The van der Waals surface area contributed by atoms with Gasteiger partial charge in [-0.15, -0.1) is 0 Å². The van der Waals surface area contributed by atoms with Crippen LogP contribution in [0.25, 0.3) is 0 Å². The number of imide groups is 1. The maximum absolute atomic E-state index is 12.4. The molecule has 1 aliphatic rings. The van der Waals surface area contributed by atoms with Gasteiger partial charge in [-0.1, -0.05) is 6.07 Å². The van der Waals surface area contributed by atoms with Crippen molar-refractivity contribution in [1.82, 2.24) is 4.90 Å². The van der Waals surface area contributed by atoms with E-state index in [-0.39, 0.29) is 17.4 Å². The number of anilines is 2. The van der Waals surface area contributed by atoms with Crippen molar-refractivity contribution in [1.29, 1.82) is 0 Å². The lowest BCUT2D eigenvalue weighted by molar-refractivity contribution is 0.0693. The first-order chi connectivity index (χ1) is 10.9. The predicted octanol–water partition coefficient (Wildman–Crippen LogP) is 2.06. The lowest BCUT2D eigenvalue weighted by Gasteiger charge is -2.09. The Morgan fingerprint density at radius 2 is 1.74 bits per heavy atom. The Bertz CT molecular complexity index is 858. The third-order valence-electron chi connectivity index (χ3n) is 3.81. The molecule has 3 rings (SSSR count). The number of nitrogens with zero attached hydrogens (tertiary/aromatic N) is 1. The second-order valence-electron chi connectivity index (χ2n) is 5.47. The number of hydrogen-bond donors (Lipinski definition) is 2. The highest BCUT2D eigenvalue weighted by atomic mass is 16.2. The lowest BCUT2D eigenvalue weighted by atomic mass is 10.1. The van der Waals surface area contributed by atoms with Crippen molar-refractivity contribution in [2.45, 2.75) is 6.92 Å². The number of nitrogens with two attached hydrogens (primary N) is 1. The van der Waals surface area contributed by atoms with Crippen LogP contribution in [0.3, 0.4) is 0 Å². The molecule has 3 amide bonds. The van der Waals surface area contributed by atoms with Gasteiger partial charge in [-0.05, 0) is 42.8 Å². The molecule has 116 valence electrons. The fourth-order valence-electron chi connectivity index (χ4n) is 2.48. The van der Waals surface area contributed by atoms with Crippen molar-refractivity contribution >= 4 is 29.1 Å². The van der Waals surface area contributed by atoms with E-state index >= 15 is 0 Å². The van der Waals surface area contributed by atoms with Crippen LogP contribution in [0.1, 0.15) is 36.6 Å². The highest BCUT2D eigenvalue weighted by Gasteiger charge is 2.33. The maximum Gasteiger partial charge on any atom is 0.261 e. The second-order valence-corrected chi connectivity index (χ2v) is 5.47. The third-order valence-corrected chi connectivity index (χ3v) is 3.81. The number of nitrogens with one attached hydrogen (secondary N) is 1. The zero-order valence-electron chi connectivity index (χ0n) is 12.7. The molecule has 0 saturated heterocycles. The smallest absolute Gasteiger partial charge is 0.261 e. The van der Waals surface area contributed by atoms with Crippen LogP contribution < -0.4 is 11.1 Å². The molecule has 0 fully saturated rings. The SMILES string of the molecule is Cc1ccc(N)c(NC(=O)c2ccc3c(c2)C(=O)N(C)C3=O)c1. The minimum Gasteiger partial charge on any atom is -0.397 e. The van der Waals surface area contributed by atoms with Crippen LogP contribution in [0.15, 0.2) is 36.4 Å². The zero-order chi connectivity index (χ0) is 16.7. The number of carbonyl (C=O) groups is 3. The molecule has 0 atom stereocenters. The Morgan fingerprint density at radius 3 is 2.48 bits per heavy atom. The number of nitrogen functional groups attached to an aromatic ring is 1. The molecule has 2 aromatic carbocycles. The summed E-state index contributed by atoms with van der Waals surface area (Å²) in [5, 5.41) is 2.72. The van der Waals surface area contributed by atoms with E-state index in [1.54, 1.807) is 12.1 Å². The second kappa shape index (κ2) is 5.24.